The normalized spacial score (nSPS) is 10.7. The van der Waals surface area contributed by atoms with E-state index in [0.29, 0.717) is 16.7 Å². The molecule has 0 fully saturated rings. The molecule has 0 radical (unpaired) electrons. The van der Waals surface area contributed by atoms with Crippen molar-refractivity contribution in [3.8, 4) is 17.1 Å². The molecule has 0 aliphatic carbocycles. The van der Waals surface area contributed by atoms with Crippen molar-refractivity contribution in [1.82, 2.24) is 19.7 Å². The molecule has 1 amide bonds. The molecule has 1 N–H and O–H groups in total. The van der Waals surface area contributed by atoms with Gasteiger partial charge in [0.2, 0.25) is 5.91 Å². The Kier molecular flexibility index (Phi) is 5.85. The van der Waals surface area contributed by atoms with Crippen molar-refractivity contribution in [3.05, 3.63) is 84.4 Å². The fourth-order valence-electron chi connectivity index (χ4n) is 2.97. The molecule has 0 bridgehead atoms. The predicted molar refractivity (Wildman–Crippen MR) is 115 cm³/mol. The summed E-state index contributed by atoms with van der Waals surface area (Å²) in [6.45, 7) is 2.01. The average Bonchev–Trinajstić information content (AvgIpc) is 3.17. The molecule has 0 saturated heterocycles. The van der Waals surface area contributed by atoms with Gasteiger partial charge in [-0.25, -0.2) is 4.39 Å². The minimum absolute atomic E-state index is 0.105. The Morgan fingerprint density at radius 3 is 2.73 bits per heavy atom. The van der Waals surface area contributed by atoms with Gasteiger partial charge < -0.3 is 5.32 Å². The number of amides is 1. The summed E-state index contributed by atoms with van der Waals surface area (Å²) < 4.78 is 15.3. The van der Waals surface area contributed by atoms with Crippen LogP contribution in [0, 0.1) is 12.7 Å². The molecule has 4 rings (SSSR count). The highest BCUT2D eigenvalue weighted by Crippen LogP contribution is 2.29. The number of anilines is 1. The number of benzene rings is 2. The van der Waals surface area contributed by atoms with Gasteiger partial charge in [-0.3, -0.25) is 14.3 Å². The molecule has 30 heavy (non-hydrogen) atoms. The van der Waals surface area contributed by atoms with Gasteiger partial charge in [0.05, 0.1) is 11.4 Å². The number of nitrogens with one attached hydrogen (secondary N) is 1. The Hall–Kier alpha value is -3.52. The first-order valence-electron chi connectivity index (χ1n) is 9.22. The number of hydrogen-bond donors (Lipinski definition) is 1. The molecule has 8 heteroatoms. The molecule has 0 atom stereocenters. The van der Waals surface area contributed by atoms with Crippen LogP contribution in [0.15, 0.2) is 78.2 Å². The van der Waals surface area contributed by atoms with E-state index in [-0.39, 0.29) is 11.7 Å². The van der Waals surface area contributed by atoms with E-state index >= 15 is 0 Å². The lowest BCUT2D eigenvalue weighted by atomic mass is 10.2. The van der Waals surface area contributed by atoms with Crippen molar-refractivity contribution in [2.75, 3.05) is 11.1 Å². The van der Waals surface area contributed by atoms with Gasteiger partial charge in [0, 0.05) is 23.6 Å². The third-order valence-corrected chi connectivity index (χ3v) is 5.28. The maximum absolute atomic E-state index is 13.3. The van der Waals surface area contributed by atoms with E-state index < -0.39 is 5.82 Å². The molecule has 2 aromatic heterocycles. The summed E-state index contributed by atoms with van der Waals surface area (Å²) in [7, 11) is 0. The average molecular weight is 419 g/mol. The van der Waals surface area contributed by atoms with Gasteiger partial charge in [0.1, 0.15) is 5.82 Å². The molecule has 0 aliphatic rings. The number of aromatic nitrogens is 4. The Balaban J connectivity index is 1.61. The first kappa shape index (κ1) is 19.8. The molecule has 0 unspecified atom stereocenters. The highest BCUT2D eigenvalue weighted by atomic mass is 32.2. The zero-order valence-electron chi connectivity index (χ0n) is 16.1. The second-order valence-corrected chi connectivity index (χ2v) is 7.46. The maximum Gasteiger partial charge on any atom is 0.234 e. The van der Waals surface area contributed by atoms with Gasteiger partial charge in [0.15, 0.2) is 11.0 Å². The Labute approximate surface area is 177 Å². The number of para-hydroxylation sites is 1. The lowest BCUT2D eigenvalue weighted by Gasteiger charge is -2.12. The molecule has 150 valence electrons. The largest absolute Gasteiger partial charge is 0.325 e. The number of rotatable bonds is 6. The number of hydrogen-bond acceptors (Lipinski definition) is 5. The molecule has 6 nitrogen and oxygen atoms in total. The first-order valence-corrected chi connectivity index (χ1v) is 10.2. The van der Waals surface area contributed by atoms with Gasteiger partial charge in [-0.2, -0.15) is 0 Å². The topological polar surface area (TPSA) is 72.7 Å². The van der Waals surface area contributed by atoms with Crippen LogP contribution in [0.4, 0.5) is 10.1 Å². The minimum atomic E-state index is -0.402. The Bertz CT molecular complexity index is 1180. The van der Waals surface area contributed by atoms with E-state index in [9.17, 15) is 9.18 Å². The van der Waals surface area contributed by atoms with Gasteiger partial charge in [-0.05, 0) is 48.9 Å². The standard InChI is InChI=1S/C22H18FN5OS/c1-15-6-2-3-10-19(15)28-21(16-7-5-11-24-13-16)26-27-22(28)30-14-20(29)25-18-9-4-8-17(23)12-18/h2-13H,14H2,1H3,(H,25,29). The number of aryl methyl sites for hydroxylation is 1. The Morgan fingerprint density at radius 1 is 1.10 bits per heavy atom. The van der Waals surface area contributed by atoms with E-state index in [1.54, 1.807) is 24.5 Å². The Morgan fingerprint density at radius 2 is 1.97 bits per heavy atom. The molecule has 2 aromatic carbocycles. The number of thioether (sulfide) groups is 1. The third kappa shape index (κ3) is 4.38. The van der Waals surface area contributed by atoms with E-state index in [4.69, 9.17) is 0 Å². The summed E-state index contributed by atoms with van der Waals surface area (Å²) in [5, 5.41) is 11.9. The van der Waals surface area contributed by atoms with Crippen molar-refractivity contribution >= 4 is 23.4 Å². The van der Waals surface area contributed by atoms with E-state index in [1.165, 1.54) is 23.9 Å². The number of pyridine rings is 1. The van der Waals surface area contributed by atoms with Crippen LogP contribution in [0.5, 0.6) is 0 Å². The van der Waals surface area contributed by atoms with Crippen LogP contribution in [-0.2, 0) is 4.79 Å². The van der Waals surface area contributed by atoms with Crippen molar-refractivity contribution in [1.29, 1.82) is 0 Å². The number of nitrogens with zero attached hydrogens (tertiary/aromatic N) is 4. The van der Waals surface area contributed by atoms with E-state index in [1.807, 2.05) is 47.9 Å². The predicted octanol–water partition coefficient (Wildman–Crippen LogP) is 4.51. The molecule has 4 aromatic rings. The van der Waals surface area contributed by atoms with Crippen LogP contribution in [0.25, 0.3) is 17.1 Å². The summed E-state index contributed by atoms with van der Waals surface area (Å²) in [5.41, 5.74) is 3.21. The fourth-order valence-corrected chi connectivity index (χ4v) is 3.72. The minimum Gasteiger partial charge on any atom is -0.325 e. The maximum atomic E-state index is 13.3. The van der Waals surface area contributed by atoms with Gasteiger partial charge in [0.25, 0.3) is 0 Å². The van der Waals surface area contributed by atoms with Crippen molar-refractivity contribution in [2.24, 2.45) is 0 Å². The lowest BCUT2D eigenvalue weighted by Crippen LogP contribution is -2.14. The van der Waals surface area contributed by atoms with Crippen LogP contribution in [0.1, 0.15) is 5.56 Å². The van der Waals surface area contributed by atoms with Crippen LogP contribution < -0.4 is 5.32 Å². The quantitative estimate of drug-likeness (QED) is 0.466. The van der Waals surface area contributed by atoms with Crippen molar-refractivity contribution in [2.45, 2.75) is 12.1 Å². The smallest absolute Gasteiger partial charge is 0.234 e. The van der Waals surface area contributed by atoms with Gasteiger partial charge in [-0.1, -0.05) is 36.0 Å². The van der Waals surface area contributed by atoms with Crippen LogP contribution in [-0.4, -0.2) is 31.4 Å². The molecule has 0 saturated carbocycles. The first-order chi connectivity index (χ1) is 14.6. The number of carbonyl (C=O) groups is 1. The summed E-state index contributed by atoms with van der Waals surface area (Å²) >= 11 is 1.26. The second kappa shape index (κ2) is 8.87. The summed E-state index contributed by atoms with van der Waals surface area (Å²) in [4.78, 5) is 16.5. The van der Waals surface area contributed by atoms with Crippen molar-refractivity contribution in [3.63, 3.8) is 0 Å². The zero-order valence-corrected chi connectivity index (χ0v) is 16.9. The monoisotopic (exact) mass is 419 g/mol. The zero-order chi connectivity index (χ0) is 20.9. The molecule has 2 heterocycles. The van der Waals surface area contributed by atoms with E-state index in [0.717, 1.165) is 16.8 Å². The summed E-state index contributed by atoms with van der Waals surface area (Å²) in [6, 6.07) is 17.4. The van der Waals surface area contributed by atoms with Crippen LogP contribution in [0.2, 0.25) is 0 Å². The number of halogens is 1. The highest BCUT2D eigenvalue weighted by molar-refractivity contribution is 7.99. The third-order valence-electron chi connectivity index (χ3n) is 4.35. The lowest BCUT2D eigenvalue weighted by molar-refractivity contribution is -0.113. The second-order valence-electron chi connectivity index (χ2n) is 6.52. The van der Waals surface area contributed by atoms with Gasteiger partial charge >= 0.3 is 0 Å². The molecule has 0 aliphatic heterocycles. The van der Waals surface area contributed by atoms with Crippen LogP contribution in [0.3, 0.4) is 0 Å². The fraction of sp³-hybridized carbons (Fsp3) is 0.0909. The molecule has 0 spiro atoms. The summed E-state index contributed by atoms with van der Waals surface area (Å²) in [5.74, 6) is 0.0901. The van der Waals surface area contributed by atoms with E-state index in [2.05, 4.69) is 20.5 Å². The van der Waals surface area contributed by atoms with Crippen LogP contribution >= 0.6 is 11.8 Å². The SMILES string of the molecule is Cc1ccccc1-n1c(SCC(=O)Nc2cccc(F)c2)nnc1-c1cccnc1. The number of carbonyl (C=O) groups excluding carboxylic acids is 1. The molecular formula is C22H18FN5OS. The highest BCUT2D eigenvalue weighted by Gasteiger charge is 2.18. The summed E-state index contributed by atoms with van der Waals surface area (Å²) in [6.07, 6.45) is 3.42. The van der Waals surface area contributed by atoms with Gasteiger partial charge in [-0.15, -0.1) is 10.2 Å². The molecular weight excluding hydrogens is 401 g/mol. The van der Waals surface area contributed by atoms with Crippen molar-refractivity contribution < 1.29 is 9.18 Å².